The summed E-state index contributed by atoms with van der Waals surface area (Å²) < 4.78 is 0. The Balaban J connectivity index is 1.53. The number of piperazine rings is 1. The predicted octanol–water partition coefficient (Wildman–Crippen LogP) is -0.260. The molecule has 110 valence electrons. The van der Waals surface area contributed by atoms with Gasteiger partial charge < -0.3 is 15.5 Å². The fourth-order valence-electron chi connectivity index (χ4n) is 2.89. The average Bonchev–Trinajstić information content (AvgIpc) is 2.42. The highest BCUT2D eigenvalue weighted by Gasteiger charge is 2.17. The molecule has 5 heteroatoms. The Labute approximate surface area is 116 Å². The maximum atomic E-state index is 11.8. The lowest BCUT2D eigenvalue weighted by molar-refractivity contribution is -0.122. The zero-order valence-corrected chi connectivity index (χ0v) is 12.2. The molecule has 5 nitrogen and oxygen atoms in total. The second-order valence-corrected chi connectivity index (χ2v) is 5.91. The van der Waals surface area contributed by atoms with E-state index < -0.39 is 0 Å². The second-order valence-electron chi connectivity index (χ2n) is 5.91. The van der Waals surface area contributed by atoms with Crippen molar-refractivity contribution >= 4 is 5.91 Å². The molecule has 2 N–H and O–H groups in total. The molecule has 0 radical (unpaired) electrons. The smallest absolute Gasteiger partial charge is 0.234 e. The number of rotatable bonds is 5. The summed E-state index contributed by atoms with van der Waals surface area (Å²) in [7, 11) is 2.19. The van der Waals surface area contributed by atoms with Crippen LogP contribution in [0.4, 0.5) is 0 Å². The molecular formula is C14H28N4O. The summed E-state index contributed by atoms with van der Waals surface area (Å²) in [6.07, 6.45) is 3.70. The Hall–Kier alpha value is -0.650. The second kappa shape index (κ2) is 7.82. The zero-order chi connectivity index (χ0) is 13.5. The molecule has 2 rings (SSSR count). The minimum absolute atomic E-state index is 0.190. The van der Waals surface area contributed by atoms with Crippen molar-refractivity contribution in [2.24, 2.45) is 5.92 Å². The number of hydrogen-bond donors (Lipinski definition) is 2. The van der Waals surface area contributed by atoms with Crippen LogP contribution in [0.3, 0.4) is 0 Å². The van der Waals surface area contributed by atoms with Crippen LogP contribution in [0.2, 0.25) is 0 Å². The quantitative estimate of drug-likeness (QED) is 0.721. The third-order valence-corrected chi connectivity index (χ3v) is 4.29. The van der Waals surface area contributed by atoms with Crippen LogP contribution in [0.1, 0.15) is 19.3 Å². The minimum Gasteiger partial charge on any atom is -0.355 e. The average molecular weight is 268 g/mol. The van der Waals surface area contributed by atoms with Crippen molar-refractivity contribution in [2.45, 2.75) is 19.3 Å². The molecule has 0 atom stereocenters. The lowest BCUT2D eigenvalue weighted by Gasteiger charge is -2.29. The highest BCUT2D eigenvalue weighted by Crippen LogP contribution is 2.18. The van der Waals surface area contributed by atoms with Gasteiger partial charge in [0.2, 0.25) is 5.91 Å². The molecule has 2 aliphatic rings. The van der Waals surface area contributed by atoms with Crippen LogP contribution in [0.15, 0.2) is 0 Å². The fourth-order valence-corrected chi connectivity index (χ4v) is 2.89. The topological polar surface area (TPSA) is 47.6 Å². The molecule has 0 aliphatic carbocycles. The first kappa shape index (κ1) is 14.8. The SMILES string of the molecule is CN1CCC(CCNC(=O)CN2CCNCC2)CC1. The molecule has 2 aliphatic heterocycles. The lowest BCUT2D eigenvalue weighted by atomic mass is 9.94. The van der Waals surface area contributed by atoms with Gasteiger partial charge in [0, 0.05) is 32.7 Å². The third-order valence-electron chi connectivity index (χ3n) is 4.29. The molecule has 0 bridgehead atoms. The number of nitrogens with zero attached hydrogens (tertiary/aromatic N) is 2. The maximum Gasteiger partial charge on any atom is 0.234 e. The summed E-state index contributed by atoms with van der Waals surface area (Å²) in [5.74, 6) is 0.991. The third kappa shape index (κ3) is 5.47. The van der Waals surface area contributed by atoms with E-state index in [4.69, 9.17) is 0 Å². The van der Waals surface area contributed by atoms with E-state index in [0.29, 0.717) is 6.54 Å². The van der Waals surface area contributed by atoms with Gasteiger partial charge in [-0.05, 0) is 45.3 Å². The van der Waals surface area contributed by atoms with Crippen molar-refractivity contribution in [3.8, 4) is 0 Å². The summed E-state index contributed by atoms with van der Waals surface area (Å²) in [5, 5.41) is 6.37. The highest BCUT2D eigenvalue weighted by molar-refractivity contribution is 5.77. The van der Waals surface area contributed by atoms with E-state index in [2.05, 4.69) is 27.5 Å². The largest absolute Gasteiger partial charge is 0.355 e. The van der Waals surface area contributed by atoms with Gasteiger partial charge >= 0.3 is 0 Å². The van der Waals surface area contributed by atoms with Gasteiger partial charge in [0.25, 0.3) is 0 Å². The summed E-state index contributed by atoms with van der Waals surface area (Å²) >= 11 is 0. The van der Waals surface area contributed by atoms with E-state index in [0.717, 1.165) is 45.1 Å². The predicted molar refractivity (Wildman–Crippen MR) is 77.2 cm³/mol. The van der Waals surface area contributed by atoms with Crippen molar-refractivity contribution in [1.29, 1.82) is 0 Å². The van der Waals surface area contributed by atoms with Crippen molar-refractivity contribution in [1.82, 2.24) is 20.4 Å². The number of likely N-dealkylation sites (tertiary alicyclic amines) is 1. The number of hydrogen-bond acceptors (Lipinski definition) is 4. The molecule has 0 spiro atoms. The summed E-state index contributed by atoms with van der Waals surface area (Å²) in [4.78, 5) is 16.4. The Morgan fingerprint density at radius 2 is 1.89 bits per heavy atom. The minimum atomic E-state index is 0.190. The van der Waals surface area contributed by atoms with Crippen LogP contribution in [-0.2, 0) is 4.79 Å². The number of piperidine rings is 1. The van der Waals surface area contributed by atoms with E-state index in [1.165, 1.54) is 25.9 Å². The van der Waals surface area contributed by atoms with Gasteiger partial charge in [-0.2, -0.15) is 0 Å². The van der Waals surface area contributed by atoms with Gasteiger partial charge in [0.05, 0.1) is 6.54 Å². The molecular weight excluding hydrogens is 240 g/mol. The van der Waals surface area contributed by atoms with Gasteiger partial charge in [-0.15, -0.1) is 0 Å². The van der Waals surface area contributed by atoms with Crippen molar-refractivity contribution in [3.63, 3.8) is 0 Å². The first-order valence-electron chi connectivity index (χ1n) is 7.62. The summed E-state index contributed by atoms with van der Waals surface area (Å²) in [6, 6.07) is 0. The number of carbonyl (C=O) groups excluding carboxylic acids is 1. The van der Waals surface area contributed by atoms with Crippen LogP contribution in [-0.4, -0.2) is 75.1 Å². The summed E-state index contributed by atoms with van der Waals surface area (Å²) in [6.45, 7) is 7.81. The Bertz CT molecular complexity index is 271. The maximum absolute atomic E-state index is 11.8. The summed E-state index contributed by atoms with van der Waals surface area (Å²) in [5.41, 5.74) is 0. The molecule has 0 aromatic heterocycles. The molecule has 2 fully saturated rings. The lowest BCUT2D eigenvalue weighted by Crippen LogP contribution is -2.47. The first-order chi connectivity index (χ1) is 9.24. The molecule has 0 aromatic carbocycles. The van der Waals surface area contributed by atoms with Gasteiger partial charge in [-0.3, -0.25) is 9.69 Å². The van der Waals surface area contributed by atoms with E-state index in [1.54, 1.807) is 0 Å². The number of nitrogens with one attached hydrogen (secondary N) is 2. The molecule has 0 saturated carbocycles. The number of amides is 1. The molecule has 2 heterocycles. The van der Waals surface area contributed by atoms with Crippen molar-refractivity contribution < 1.29 is 4.79 Å². The van der Waals surface area contributed by atoms with E-state index >= 15 is 0 Å². The van der Waals surface area contributed by atoms with Gasteiger partial charge in [-0.1, -0.05) is 0 Å². The molecule has 2 saturated heterocycles. The zero-order valence-electron chi connectivity index (χ0n) is 12.2. The Kier molecular flexibility index (Phi) is 6.07. The van der Waals surface area contributed by atoms with Crippen molar-refractivity contribution in [3.05, 3.63) is 0 Å². The van der Waals surface area contributed by atoms with Crippen LogP contribution >= 0.6 is 0 Å². The fraction of sp³-hybridized carbons (Fsp3) is 0.929. The van der Waals surface area contributed by atoms with E-state index in [-0.39, 0.29) is 5.91 Å². The van der Waals surface area contributed by atoms with Gasteiger partial charge in [-0.25, -0.2) is 0 Å². The monoisotopic (exact) mass is 268 g/mol. The van der Waals surface area contributed by atoms with Crippen LogP contribution in [0.25, 0.3) is 0 Å². The Morgan fingerprint density at radius 3 is 2.58 bits per heavy atom. The van der Waals surface area contributed by atoms with Gasteiger partial charge in [0.15, 0.2) is 0 Å². The standard InChI is InChI=1S/C14H28N4O/c1-17-8-3-13(4-9-17)2-5-16-14(19)12-18-10-6-15-7-11-18/h13,15H,2-12H2,1H3,(H,16,19). The normalized spacial score (nSPS) is 23.4. The van der Waals surface area contributed by atoms with E-state index in [9.17, 15) is 4.79 Å². The Morgan fingerprint density at radius 1 is 1.21 bits per heavy atom. The highest BCUT2D eigenvalue weighted by atomic mass is 16.2. The number of carbonyl (C=O) groups is 1. The molecule has 1 amide bonds. The van der Waals surface area contributed by atoms with Crippen LogP contribution < -0.4 is 10.6 Å². The van der Waals surface area contributed by atoms with E-state index in [1.807, 2.05) is 0 Å². The molecule has 0 unspecified atom stereocenters. The van der Waals surface area contributed by atoms with Crippen molar-refractivity contribution in [2.75, 3.05) is 59.4 Å². The van der Waals surface area contributed by atoms with Gasteiger partial charge in [0.1, 0.15) is 0 Å². The van der Waals surface area contributed by atoms with Crippen LogP contribution in [0.5, 0.6) is 0 Å². The first-order valence-corrected chi connectivity index (χ1v) is 7.62. The molecule has 19 heavy (non-hydrogen) atoms. The van der Waals surface area contributed by atoms with Crippen LogP contribution in [0, 0.1) is 5.92 Å². The molecule has 0 aromatic rings.